The van der Waals surface area contributed by atoms with Crippen molar-refractivity contribution in [1.82, 2.24) is 24.5 Å². The van der Waals surface area contributed by atoms with E-state index in [1.807, 2.05) is 28.6 Å². The molecule has 2 bridgehead atoms. The van der Waals surface area contributed by atoms with Crippen LogP contribution in [0.4, 0.5) is 11.5 Å². The van der Waals surface area contributed by atoms with E-state index in [0.29, 0.717) is 37.7 Å². The summed E-state index contributed by atoms with van der Waals surface area (Å²) in [4.78, 5) is 9.84. The lowest BCUT2D eigenvalue weighted by molar-refractivity contribution is -0.0395. The molecule has 7 heterocycles. The smallest absolute Gasteiger partial charge is 0.177 e. The molecule has 4 aliphatic heterocycles. The Balaban J connectivity index is 1.37. The summed E-state index contributed by atoms with van der Waals surface area (Å²) in [6.45, 7) is 4.60. The highest BCUT2D eigenvalue weighted by molar-refractivity contribution is 14.1. The van der Waals surface area contributed by atoms with Crippen LogP contribution in [0, 0.1) is 3.70 Å². The van der Waals surface area contributed by atoms with E-state index >= 15 is 0 Å². The molecule has 0 saturated carbocycles. The molecule has 4 fully saturated rings. The Bertz CT molecular complexity index is 1450. The predicted octanol–water partition coefficient (Wildman–Crippen LogP) is 2.91. The van der Waals surface area contributed by atoms with Gasteiger partial charge >= 0.3 is 0 Å². The molecule has 0 N–H and O–H groups in total. The summed E-state index contributed by atoms with van der Waals surface area (Å²) in [5, 5.41) is 10.7. The van der Waals surface area contributed by atoms with Crippen molar-refractivity contribution in [2.24, 2.45) is 0 Å². The summed E-state index contributed by atoms with van der Waals surface area (Å²) >= 11 is 2.27. The molecule has 0 radical (unpaired) electrons. The molecule has 4 unspecified atom stereocenters. The predicted molar refractivity (Wildman–Crippen MR) is 152 cm³/mol. The van der Waals surface area contributed by atoms with E-state index in [-0.39, 0.29) is 23.8 Å². The zero-order valence-electron chi connectivity index (χ0n) is 21.4. The van der Waals surface area contributed by atoms with Gasteiger partial charge in [0, 0.05) is 37.5 Å². The second-order valence-electron chi connectivity index (χ2n) is 10.9. The fourth-order valence-electron chi connectivity index (χ4n) is 6.45. The Labute approximate surface area is 235 Å². The van der Waals surface area contributed by atoms with Crippen LogP contribution in [-0.4, -0.2) is 89.0 Å². The van der Waals surface area contributed by atoms with Gasteiger partial charge in [-0.3, -0.25) is 0 Å². The Morgan fingerprint density at radius 1 is 1.08 bits per heavy atom. The number of pyridine rings is 1. The lowest BCUT2D eigenvalue weighted by Gasteiger charge is -2.38. The fourth-order valence-corrected chi connectivity index (χ4v) is 8.74. The average molecular weight is 654 g/mol. The minimum atomic E-state index is -3.05. The maximum absolute atomic E-state index is 12.4. The normalized spacial score (nSPS) is 29.3. The van der Waals surface area contributed by atoms with Gasteiger partial charge in [-0.1, -0.05) is 0 Å². The summed E-state index contributed by atoms with van der Waals surface area (Å²) in [5.74, 6) is 1.89. The second-order valence-corrected chi connectivity index (χ2v) is 14.1. The molecule has 4 atom stereocenters. The molecular weight excluding hydrogens is 621 g/mol. The van der Waals surface area contributed by atoms with Crippen LogP contribution < -0.4 is 9.80 Å². The maximum atomic E-state index is 12.4. The number of nitrogens with zero attached hydrogens (tertiary/aromatic N) is 7. The lowest BCUT2D eigenvalue weighted by Crippen LogP contribution is -2.48. The van der Waals surface area contributed by atoms with E-state index in [2.05, 4.69) is 38.5 Å². The van der Waals surface area contributed by atoms with Crippen LogP contribution in [0.15, 0.2) is 18.3 Å². The number of fused-ring (bicyclic) bond motifs is 3. The number of aromatic nitrogens is 5. The number of rotatable bonds is 4. The first-order chi connectivity index (χ1) is 18.4. The molecule has 0 spiro atoms. The third kappa shape index (κ3) is 4.29. The maximum Gasteiger partial charge on any atom is 0.177 e. The average Bonchev–Trinajstić information content (AvgIpc) is 3.58. The molecule has 7 rings (SSSR count). The van der Waals surface area contributed by atoms with Crippen LogP contribution in [0.1, 0.15) is 45.3 Å². The largest absolute Gasteiger partial charge is 0.377 e. The van der Waals surface area contributed by atoms with Crippen LogP contribution in [0.5, 0.6) is 0 Å². The Morgan fingerprint density at radius 2 is 1.89 bits per heavy atom. The zero-order chi connectivity index (χ0) is 26.0. The van der Waals surface area contributed by atoms with Crippen molar-refractivity contribution in [3.63, 3.8) is 0 Å². The third-order valence-electron chi connectivity index (χ3n) is 8.31. The van der Waals surface area contributed by atoms with Gasteiger partial charge < -0.3 is 19.3 Å². The summed E-state index contributed by atoms with van der Waals surface area (Å²) in [7, 11) is -3.05. The van der Waals surface area contributed by atoms with Gasteiger partial charge in [-0.2, -0.15) is 14.9 Å². The molecule has 0 aliphatic carbocycles. The highest BCUT2D eigenvalue weighted by Crippen LogP contribution is 2.40. The highest BCUT2D eigenvalue weighted by Gasteiger charge is 2.40. The molecule has 3 aromatic rings. The van der Waals surface area contributed by atoms with Crippen LogP contribution in [0.3, 0.4) is 0 Å². The van der Waals surface area contributed by atoms with E-state index in [0.717, 1.165) is 65.0 Å². The van der Waals surface area contributed by atoms with E-state index in [4.69, 9.17) is 24.7 Å². The number of anilines is 2. The third-order valence-corrected chi connectivity index (χ3v) is 10.9. The quantitative estimate of drug-likeness (QED) is 0.393. The van der Waals surface area contributed by atoms with Gasteiger partial charge in [-0.15, -0.1) is 0 Å². The molecule has 3 aromatic heterocycles. The van der Waals surface area contributed by atoms with Crippen molar-refractivity contribution in [3.05, 3.63) is 22.0 Å². The van der Waals surface area contributed by atoms with Gasteiger partial charge in [0.25, 0.3) is 0 Å². The van der Waals surface area contributed by atoms with Gasteiger partial charge in [0.05, 0.1) is 47.9 Å². The molecule has 4 aliphatic rings. The van der Waals surface area contributed by atoms with Gasteiger partial charge in [0.1, 0.15) is 15.7 Å². The van der Waals surface area contributed by atoms with Crippen molar-refractivity contribution in [1.29, 1.82) is 0 Å². The van der Waals surface area contributed by atoms with Gasteiger partial charge in [0.2, 0.25) is 0 Å². The summed E-state index contributed by atoms with van der Waals surface area (Å²) in [6.07, 6.45) is 7.22. The molecule has 0 aromatic carbocycles. The van der Waals surface area contributed by atoms with Crippen molar-refractivity contribution < 1.29 is 17.9 Å². The van der Waals surface area contributed by atoms with Crippen molar-refractivity contribution >= 4 is 55.0 Å². The van der Waals surface area contributed by atoms with Crippen LogP contribution in [-0.2, 0) is 19.3 Å². The Kier molecular flexibility index (Phi) is 6.32. The van der Waals surface area contributed by atoms with Crippen LogP contribution >= 0.6 is 22.6 Å². The molecular formula is C25H32IN7O4S. The molecule has 38 heavy (non-hydrogen) atoms. The first-order valence-electron chi connectivity index (χ1n) is 13.5. The number of halogens is 1. The first kappa shape index (κ1) is 25.0. The Hall–Kier alpha value is -1.97. The monoisotopic (exact) mass is 653 g/mol. The van der Waals surface area contributed by atoms with Gasteiger partial charge in [0.15, 0.2) is 21.3 Å². The van der Waals surface area contributed by atoms with Gasteiger partial charge in [-0.05, 0) is 61.6 Å². The molecule has 0 amide bonds. The lowest BCUT2D eigenvalue weighted by atomic mass is 10.2. The van der Waals surface area contributed by atoms with E-state index in [1.165, 1.54) is 0 Å². The topological polar surface area (TPSA) is 108 Å². The van der Waals surface area contributed by atoms with Crippen LogP contribution in [0.2, 0.25) is 0 Å². The summed E-state index contributed by atoms with van der Waals surface area (Å²) in [5.41, 5.74) is 1.73. The summed E-state index contributed by atoms with van der Waals surface area (Å²) < 4.78 is 41.1. The van der Waals surface area contributed by atoms with Crippen molar-refractivity contribution in [3.8, 4) is 5.82 Å². The number of hydrogen-bond donors (Lipinski definition) is 0. The number of morpholine rings is 1. The minimum absolute atomic E-state index is 0.0578. The van der Waals surface area contributed by atoms with Crippen molar-refractivity contribution in [2.75, 3.05) is 47.7 Å². The molecule has 204 valence electrons. The first-order valence-corrected chi connectivity index (χ1v) is 16.4. The fraction of sp³-hybridized carbons (Fsp3) is 0.640. The number of hydrogen-bond acceptors (Lipinski definition) is 9. The minimum Gasteiger partial charge on any atom is -0.377 e. The summed E-state index contributed by atoms with van der Waals surface area (Å²) in [6, 6.07) is 4.56. The zero-order valence-corrected chi connectivity index (χ0v) is 24.3. The van der Waals surface area contributed by atoms with E-state index < -0.39 is 9.84 Å². The van der Waals surface area contributed by atoms with Crippen LogP contribution in [0.25, 0.3) is 16.9 Å². The van der Waals surface area contributed by atoms with E-state index in [9.17, 15) is 8.42 Å². The number of sulfone groups is 1. The molecule has 13 heteroatoms. The van der Waals surface area contributed by atoms with E-state index in [1.54, 1.807) is 0 Å². The molecule has 4 saturated heterocycles. The highest BCUT2D eigenvalue weighted by atomic mass is 127. The van der Waals surface area contributed by atoms with Gasteiger partial charge in [-0.25, -0.2) is 18.1 Å². The Morgan fingerprint density at radius 3 is 2.63 bits per heavy atom. The molecule has 11 nitrogen and oxygen atoms in total. The standard InChI is InChI=1S/C25H32IN7O4S/c1-16-15-38(34,35)11-9-30(16)19-12-21(32-17-5-6-18(32)14-36-13-17)27-25-23(19)24(26)29-33(25)20-7-8-31(28-20)22-4-2-3-10-37-22/h7-8,12,16-18,22H,2-6,9-11,13-15H2,1H3. The number of ether oxygens (including phenoxy) is 2. The second kappa shape index (κ2) is 9.59. The SMILES string of the molecule is CC1CS(=O)(=O)CCN1c1cc(N2C3CCC2COC3)nc2c1c(I)nn2-c1ccn(C2CCCCO2)n1. The van der Waals surface area contributed by atoms with Crippen molar-refractivity contribution in [2.45, 2.75) is 63.4 Å².